The van der Waals surface area contributed by atoms with Crippen LogP contribution >= 0.6 is 11.6 Å². The third kappa shape index (κ3) is 2.85. The maximum Gasteiger partial charge on any atom is 0.354 e. The number of nitrogens with zero attached hydrogens (tertiary/aromatic N) is 3. The first-order valence-corrected chi connectivity index (χ1v) is 5.71. The molecule has 0 amide bonds. The van der Waals surface area contributed by atoms with E-state index >= 15 is 0 Å². The molecule has 20 heavy (non-hydrogen) atoms. The van der Waals surface area contributed by atoms with E-state index < -0.39 is 19.0 Å². The van der Waals surface area contributed by atoms with Crippen LogP contribution in [0.2, 0.25) is 5.02 Å². The highest BCUT2D eigenvalue weighted by Crippen LogP contribution is 2.22. The Balaban J connectivity index is 2.46. The lowest BCUT2D eigenvalue weighted by Gasteiger charge is -2.05. The van der Waals surface area contributed by atoms with Crippen LogP contribution in [0.25, 0.3) is 5.82 Å². The second-order valence-corrected chi connectivity index (χ2v) is 3.98. The van der Waals surface area contributed by atoms with Gasteiger partial charge in [-0.05, 0) is 12.1 Å². The Morgan fingerprint density at radius 2 is 2.35 bits per heavy atom. The predicted molar refractivity (Wildman–Crippen MR) is 64.8 cm³/mol. The summed E-state index contributed by atoms with van der Waals surface area (Å²) >= 11 is 5.89. The molecule has 6 nitrogen and oxygen atoms in total. The summed E-state index contributed by atoms with van der Waals surface area (Å²) in [5, 5.41) is 12.9. The quantitative estimate of drug-likeness (QED) is 0.916. The number of aromatic nitrogens is 3. The molecular weight excluding hydrogens is 296 g/mol. The second-order valence-electron chi connectivity index (χ2n) is 3.58. The maximum atomic E-state index is 12.8. The van der Waals surface area contributed by atoms with Crippen molar-refractivity contribution in [2.75, 3.05) is 6.67 Å². The molecule has 0 aliphatic carbocycles. The van der Waals surface area contributed by atoms with Crippen molar-refractivity contribution in [3.05, 3.63) is 35.1 Å². The van der Waals surface area contributed by atoms with Crippen molar-refractivity contribution in [2.45, 2.75) is 6.36 Å². The highest BCUT2D eigenvalue weighted by molar-refractivity contribution is 6.32. The maximum absolute atomic E-state index is 12.8. The molecule has 2 rings (SSSR count). The first-order valence-electron chi connectivity index (χ1n) is 5.34. The third-order valence-corrected chi connectivity index (χ3v) is 2.51. The summed E-state index contributed by atoms with van der Waals surface area (Å²) in [5.74, 6) is -1.68. The topological polar surface area (TPSA) is 77.2 Å². The molecule has 9 heteroatoms. The number of hydrogen-bond donors (Lipinski definition) is 1. The lowest BCUT2D eigenvalue weighted by molar-refractivity contribution is 0.0390. The molecule has 0 saturated heterocycles. The van der Waals surface area contributed by atoms with E-state index in [-0.39, 0.29) is 22.4 Å². The van der Waals surface area contributed by atoms with Gasteiger partial charge in [0.05, 0.1) is 5.02 Å². The van der Waals surface area contributed by atoms with Crippen LogP contribution in [0.3, 0.4) is 0 Å². The molecule has 1 N–H and O–H groups in total. The molecule has 0 aliphatic rings. The van der Waals surface area contributed by atoms with Crippen LogP contribution in [-0.4, -0.2) is 38.9 Å². The third-order valence-electron chi connectivity index (χ3n) is 2.22. The number of alkyl halides is 2. The van der Waals surface area contributed by atoms with Crippen LogP contribution in [0.4, 0.5) is 8.78 Å². The molecule has 2 aromatic rings. The van der Waals surface area contributed by atoms with Crippen molar-refractivity contribution in [3.63, 3.8) is 0 Å². The van der Waals surface area contributed by atoms with Crippen molar-refractivity contribution in [2.24, 2.45) is 0 Å². The van der Waals surface area contributed by atoms with Gasteiger partial charge in [0.2, 0.25) is 5.88 Å². The van der Waals surface area contributed by atoms with Gasteiger partial charge in [0, 0.05) is 12.3 Å². The van der Waals surface area contributed by atoms with E-state index in [1.54, 1.807) is 6.07 Å². The summed E-state index contributed by atoms with van der Waals surface area (Å²) in [5.41, 5.74) is -0.341. The molecule has 0 aromatic carbocycles. The summed E-state index contributed by atoms with van der Waals surface area (Å²) in [4.78, 5) is 15.0. The number of ether oxygens (including phenoxy) is 1. The van der Waals surface area contributed by atoms with Crippen LogP contribution in [0.5, 0.6) is 5.88 Å². The number of hydrogen-bond acceptors (Lipinski definition) is 4. The first-order chi connectivity index (χ1) is 9.52. The Morgan fingerprint density at radius 3 is 2.95 bits per heavy atom. The minimum atomic E-state index is -2.22. The summed E-state index contributed by atoms with van der Waals surface area (Å²) in [6.07, 6.45) is -0.839. The normalized spacial score (nSPS) is 12.2. The molecular formula is C11H8ClF2N3O3. The molecule has 106 valence electrons. The molecule has 0 bridgehead atoms. The van der Waals surface area contributed by atoms with Gasteiger partial charge in [0.15, 0.2) is 18.2 Å². The fraction of sp³-hybridized carbons (Fsp3) is 0.182. The van der Waals surface area contributed by atoms with Crippen molar-refractivity contribution in [3.8, 4) is 11.7 Å². The highest BCUT2D eigenvalue weighted by atomic mass is 35.5. The Labute approximate surface area is 116 Å². The van der Waals surface area contributed by atoms with Crippen LogP contribution in [0.15, 0.2) is 24.4 Å². The predicted octanol–water partition coefficient (Wildman–Crippen LogP) is 2.26. The summed E-state index contributed by atoms with van der Waals surface area (Å²) < 4.78 is 30.2. The number of pyridine rings is 1. The molecule has 2 heterocycles. The number of rotatable bonds is 5. The molecule has 0 radical (unpaired) electrons. The number of carboxylic acid groups (broad SMARTS) is 1. The van der Waals surface area contributed by atoms with Gasteiger partial charge in [-0.3, -0.25) is 0 Å². The Hall–Kier alpha value is -2.22. The van der Waals surface area contributed by atoms with Crippen molar-refractivity contribution in [1.29, 1.82) is 0 Å². The van der Waals surface area contributed by atoms with E-state index in [1.165, 1.54) is 12.3 Å². The van der Waals surface area contributed by atoms with Crippen molar-refractivity contribution in [1.82, 2.24) is 14.8 Å². The fourth-order valence-electron chi connectivity index (χ4n) is 1.43. The monoisotopic (exact) mass is 303 g/mol. The number of aromatic carboxylic acids is 1. The second kappa shape index (κ2) is 5.83. The molecule has 1 unspecified atom stereocenters. The molecule has 2 aromatic heterocycles. The van der Waals surface area contributed by atoms with Gasteiger partial charge in [0.1, 0.15) is 0 Å². The zero-order valence-electron chi connectivity index (χ0n) is 9.83. The smallest absolute Gasteiger partial charge is 0.354 e. The van der Waals surface area contributed by atoms with E-state index in [9.17, 15) is 13.6 Å². The van der Waals surface area contributed by atoms with Gasteiger partial charge in [0.25, 0.3) is 6.36 Å². The van der Waals surface area contributed by atoms with Gasteiger partial charge in [-0.15, -0.1) is 5.10 Å². The van der Waals surface area contributed by atoms with Gasteiger partial charge in [-0.1, -0.05) is 11.6 Å². The summed E-state index contributed by atoms with van der Waals surface area (Å²) in [6.45, 7) is -1.38. The van der Waals surface area contributed by atoms with Crippen LogP contribution in [-0.2, 0) is 0 Å². The van der Waals surface area contributed by atoms with E-state index in [0.29, 0.717) is 0 Å². The summed E-state index contributed by atoms with van der Waals surface area (Å²) in [7, 11) is 0. The average molecular weight is 304 g/mol. The van der Waals surface area contributed by atoms with E-state index in [1.807, 2.05) is 0 Å². The van der Waals surface area contributed by atoms with Crippen molar-refractivity contribution < 1.29 is 23.4 Å². The van der Waals surface area contributed by atoms with Gasteiger partial charge >= 0.3 is 5.97 Å². The zero-order valence-corrected chi connectivity index (χ0v) is 10.6. The standard InChI is InChI=1S/C11H8ClF2N3O3/c12-6-2-1-3-15-10(6)17-7(11(18)19)4-9(16-17)20-8(14)5-13/h1-4,8H,5H2,(H,18,19). The molecule has 0 aliphatic heterocycles. The zero-order chi connectivity index (χ0) is 14.7. The Kier molecular flexibility index (Phi) is 4.14. The van der Waals surface area contributed by atoms with Crippen LogP contribution in [0.1, 0.15) is 10.5 Å². The average Bonchev–Trinajstić information content (AvgIpc) is 2.83. The lowest BCUT2D eigenvalue weighted by Crippen LogP contribution is -2.12. The first kappa shape index (κ1) is 14.2. The fourth-order valence-corrected chi connectivity index (χ4v) is 1.63. The van der Waals surface area contributed by atoms with Gasteiger partial charge < -0.3 is 9.84 Å². The summed E-state index contributed by atoms with van der Waals surface area (Å²) in [6, 6.07) is 3.99. The number of halogens is 3. The minimum Gasteiger partial charge on any atom is -0.477 e. The number of carbonyl (C=O) groups is 1. The SMILES string of the molecule is O=C(O)c1cc(OC(F)CF)nn1-c1ncccc1Cl. The molecule has 0 saturated carbocycles. The van der Waals surface area contributed by atoms with E-state index in [0.717, 1.165) is 10.7 Å². The molecule has 0 fully saturated rings. The largest absolute Gasteiger partial charge is 0.477 e. The van der Waals surface area contributed by atoms with E-state index in [2.05, 4.69) is 14.8 Å². The minimum absolute atomic E-state index is 0.0390. The lowest BCUT2D eigenvalue weighted by atomic mass is 10.4. The Morgan fingerprint density at radius 1 is 1.60 bits per heavy atom. The van der Waals surface area contributed by atoms with Crippen molar-refractivity contribution >= 4 is 17.6 Å². The molecule has 1 atom stereocenters. The van der Waals surface area contributed by atoms with Gasteiger partial charge in [-0.2, -0.15) is 4.39 Å². The highest BCUT2D eigenvalue weighted by Gasteiger charge is 2.20. The molecule has 0 spiro atoms. The van der Waals surface area contributed by atoms with Crippen LogP contribution in [0, 0.1) is 0 Å². The van der Waals surface area contributed by atoms with Crippen LogP contribution < -0.4 is 4.74 Å². The van der Waals surface area contributed by atoms with Gasteiger partial charge in [-0.25, -0.2) is 18.9 Å². The Bertz CT molecular complexity index is 635. The van der Waals surface area contributed by atoms with E-state index in [4.69, 9.17) is 16.7 Å². The number of carboxylic acids is 1.